The number of hydrogen-bond donors (Lipinski definition) is 0. The first-order chi connectivity index (χ1) is 5.25. The summed E-state index contributed by atoms with van der Waals surface area (Å²) in [5.74, 6) is 1.72. The van der Waals surface area contributed by atoms with Gasteiger partial charge in [-0.15, -0.1) is 11.8 Å². The van der Waals surface area contributed by atoms with Gasteiger partial charge in [0.1, 0.15) is 6.29 Å². The summed E-state index contributed by atoms with van der Waals surface area (Å²) in [5.41, 5.74) is 0. The second kappa shape index (κ2) is 3.61. The predicted molar refractivity (Wildman–Crippen MR) is 49.9 cm³/mol. The first-order valence-corrected chi connectivity index (χ1v) is 5.34. The molecule has 0 saturated carbocycles. The summed E-state index contributed by atoms with van der Waals surface area (Å²) in [6.07, 6.45) is 4.61. The van der Waals surface area contributed by atoms with Crippen molar-refractivity contribution < 1.29 is 4.79 Å². The Morgan fingerprint density at radius 1 is 1.73 bits per heavy atom. The summed E-state index contributed by atoms with van der Waals surface area (Å²) in [4.78, 5) is 10.9. The van der Waals surface area contributed by atoms with Crippen LogP contribution in [-0.4, -0.2) is 16.8 Å². The van der Waals surface area contributed by atoms with Crippen molar-refractivity contribution in [2.45, 2.75) is 37.9 Å². The summed E-state index contributed by atoms with van der Waals surface area (Å²) in [6, 6.07) is 0. The largest absolute Gasteiger partial charge is 0.302 e. The molecule has 1 saturated heterocycles. The highest BCUT2D eigenvalue weighted by Gasteiger charge is 2.38. The molecule has 0 radical (unpaired) electrons. The standard InChI is InChI=1S/C9H16OS/c1-3-8(2)9(7-10)5-4-6-11-9/h7-8H,3-6H2,1-2H3. The van der Waals surface area contributed by atoms with Crippen molar-refractivity contribution in [3.05, 3.63) is 0 Å². The van der Waals surface area contributed by atoms with E-state index in [1.807, 2.05) is 11.8 Å². The summed E-state index contributed by atoms with van der Waals surface area (Å²) in [5, 5.41) is 0. The van der Waals surface area contributed by atoms with Crippen molar-refractivity contribution in [1.82, 2.24) is 0 Å². The Labute approximate surface area is 72.9 Å². The van der Waals surface area contributed by atoms with Crippen LogP contribution >= 0.6 is 11.8 Å². The zero-order chi connectivity index (χ0) is 8.32. The van der Waals surface area contributed by atoms with Gasteiger partial charge in [0, 0.05) is 0 Å². The molecule has 64 valence electrons. The Morgan fingerprint density at radius 2 is 2.45 bits per heavy atom. The topological polar surface area (TPSA) is 17.1 Å². The van der Waals surface area contributed by atoms with Crippen LogP contribution in [0.4, 0.5) is 0 Å². The first kappa shape index (κ1) is 9.11. The molecule has 0 aromatic heterocycles. The average Bonchev–Trinajstić information content (AvgIpc) is 2.52. The molecule has 0 aromatic carbocycles. The lowest BCUT2D eigenvalue weighted by molar-refractivity contribution is -0.110. The van der Waals surface area contributed by atoms with E-state index < -0.39 is 0 Å². The Bertz CT molecular complexity index is 138. The maximum Gasteiger partial charge on any atom is 0.136 e. The first-order valence-electron chi connectivity index (χ1n) is 4.35. The molecule has 2 atom stereocenters. The number of aldehydes is 1. The predicted octanol–water partition coefficient (Wildman–Crippen LogP) is 2.50. The molecule has 1 aliphatic rings. The zero-order valence-electron chi connectivity index (χ0n) is 7.30. The van der Waals surface area contributed by atoms with Gasteiger partial charge in [0.25, 0.3) is 0 Å². The molecule has 11 heavy (non-hydrogen) atoms. The summed E-state index contributed by atoms with van der Waals surface area (Å²) in [6.45, 7) is 4.35. The summed E-state index contributed by atoms with van der Waals surface area (Å²) >= 11 is 1.85. The Hall–Kier alpha value is 0.0200. The van der Waals surface area contributed by atoms with Crippen LogP contribution in [0.15, 0.2) is 0 Å². The second-order valence-corrected chi connectivity index (χ2v) is 4.79. The fourth-order valence-electron chi connectivity index (χ4n) is 1.63. The third-order valence-electron chi connectivity index (χ3n) is 2.73. The van der Waals surface area contributed by atoms with Crippen LogP contribution in [0.2, 0.25) is 0 Å². The average molecular weight is 172 g/mol. The summed E-state index contributed by atoms with van der Waals surface area (Å²) in [7, 11) is 0. The van der Waals surface area contributed by atoms with Crippen LogP contribution in [0, 0.1) is 5.92 Å². The van der Waals surface area contributed by atoms with Crippen molar-refractivity contribution in [3.8, 4) is 0 Å². The van der Waals surface area contributed by atoms with Crippen molar-refractivity contribution in [2.24, 2.45) is 5.92 Å². The fourth-order valence-corrected chi connectivity index (χ4v) is 3.10. The molecular formula is C9H16OS. The highest BCUT2D eigenvalue weighted by atomic mass is 32.2. The second-order valence-electron chi connectivity index (χ2n) is 3.33. The molecule has 0 bridgehead atoms. The molecule has 0 spiro atoms. The molecule has 2 unspecified atom stereocenters. The molecule has 1 heterocycles. The van der Waals surface area contributed by atoms with E-state index in [0.29, 0.717) is 5.92 Å². The van der Waals surface area contributed by atoms with Crippen LogP contribution in [0.5, 0.6) is 0 Å². The van der Waals surface area contributed by atoms with Crippen LogP contribution in [0.1, 0.15) is 33.1 Å². The van der Waals surface area contributed by atoms with Gasteiger partial charge in [-0.05, 0) is 24.5 Å². The van der Waals surface area contributed by atoms with E-state index in [0.717, 1.165) is 12.8 Å². The van der Waals surface area contributed by atoms with Gasteiger partial charge in [0.05, 0.1) is 4.75 Å². The number of hydrogen-bond acceptors (Lipinski definition) is 2. The molecular weight excluding hydrogens is 156 g/mol. The molecule has 1 rings (SSSR count). The SMILES string of the molecule is CCC(C)C1(C=O)CCCS1. The number of rotatable bonds is 3. The molecule has 1 aliphatic heterocycles. The third kappa shape index (κ3) is 1.61. The van der Waals surface area contributed by atoms with E-state index in [-0.39, 0.29) is 4.75 Å². The van der Waals surface area contributed by atoms with Crippen LogP contribution in [0.3, 0.4) is 0 Å². The smallest absolute Gasteiger partial charge is 0.136 e. The minimum absolute atomic E-state index is 0.0191. The minimum atomic E-state index is -0.0191. The van der Waals surface area contributed by atoms with E-state index in [1.165, 1.54) is 18.5 Å². The molecule has 0 amide bonds. The van der Waals surface area contributed by atoms with E-state index in [4.69, 9.17) is 0 Å². The van der Waals surface area contributed by atoms with E-state index in [2.05, 4.69) is 13.8 Å². The molecule has 0 aliphatic carbocycles. The highest BCUT2D eigenvalue weighted by molar-refractivity contribution is 8.01. The van der Waals surface area contributed by atoms with Crippen molar-refractivity contribution in [2.75, 3.05) is 5.75 Å². The maximum absolute atomic E-state index is 10.9. The maximum atomic E-state index is 10.9. The Balaban J connectivity index is 2.65. The van der Waals surface area contributed by atoms with E-state index >= 15 is 0 Å². The summed E-state index contributed by atoms with van der Waals surface area (Å²) < 4.78 is -0.0191. The molecule has 1 fully saturated rings. The van der Waals surface area contributed by atoms with Crippen molar-refractivity contribution in [1.29, 1.82) is 0 Å². The van der Waals surface area contributed by atoms with Crippen LogP contribution < -0.4 is 0 Å². The van der Waals surface area contributed by atoms with E-state index in [1.54, 1.807) is 0 Å². The number of carbonyl (C=O) groups is 1. The Kier molecular flexibility index (Phi) is 2.99. The lowest BCUT2D eigenvalue weighted by Gasteiger charge is -2.27. The third-order valence-corrected chi connectivity index (χ3v) is 4.46. The van der Waals surface area contributed by atoms with Gasteiger partial charge in [-0.3, -0.25) is 0 Å². The quantitative estimate of drug-likeness (QED) is 0.608. The van der Waals surface area contributed by atoms with Gasteiger partial charge >= 0.3 is 0 Å². The van der Waals surface area contributed by atoms with Crippen LogP contribution in [0.25, 0.3) is 0 Å². The monoisotopic (exact) mass is 172 g/mol. The fraction of sp³-hybridized carbons (Fsp3) is 0.889. The molecule has 0 N–H and O–H groups in total. The zero-order valence-corrected chi connectivity index (χ0v) is 8.12. The van der Waals surface area contributed by atoms with Gasteiger partial charge in [-0.2, -0.15) is 0 Å². The number of thioether (sulfide) groups is 1. The van der Waals surface area contributed by atoms with Gasteiger partial charge in [0.15, 0.2) is 0 Å². The molecule has 1 nitrogen and oxygen atoms in total. The van der Waals surface area contributed by atoms with E-state index in [9.17, 15) is 4.79 Å². The van der Waals surface area contributed by atoms with Gasteiger partial charge in [0.2, 0.25) is 0 Å². The van der Waals surface area contributed by atoms with Crippen molar-refractivity contribution >= 4 is 18.0 Å². The highest BCUT2D eigenvalue weighted by Crippen LogP contribution is 2.43. The minimum Gasteiger partial charge on any atom is -0.302 e. The normalized spacial score (nSPS) is 33.6. The lowest BCUT2D eigenvalue weighted by Crippen LogP contribution is -2.31. The molecule has 2 heteroatoms. The van der Waals surface area contributed by atoms with Crippen LogP contribution in [-0.2, 0) is 4.79 Å². The van der Waals surface area contributed by atoms with Crippen molar-refractivity contribution in [3.63, 3.8) is 0 Å². The lowest BCUT2D eigenvalue weighted by atomic mass is 9.89. The number of carbonyl (C=O) groups excluding carboxylic acids is 1. The molecule has 0 aromatic rings. The van der Waals surface area contributed by atoms with Gasteiger partial charge in [-0.1, -0.05) is 20.3 Å². The Morgan fingerprint density at radius 3 is 2.82 bits per heavy atom. The van der Waals surface area contributed by atoms with Gasteiger partial charge in [-0.25, -0.2) is 0 Å². The van der Waals surface area contributed by atoms with Gasteiger partial charge < -0.3 is 4.79 Å².